The molecule has 1 aliphatic rings. The predicted octanol–water partition coefficient (Wildman–Crippen LogP) is -2.49. The Morgan fingerprint density at radius 2 is 2.10 bits per heavy atom. The zero-order valence-corrected chi connectivity index (χ0v) is 16.2. The zero-order chi connectivity index (χ0) is 22.4. The summed E-state index contributed by atoms with van der Waals surface area (Å²) in [6.07, 6.45) is -1.93. The summed E-state index contributed by atoms with van der Waals surface area (Å²) in [5.74, 6) is -0.312. The number of anilines is 1. The van der Waals surface area contributed by atoms with E-state index in [-0.39, 0.29) is 17.3 Å². The number of aromatic nitrogens is 4. The average Bonchev–Trinajstić information content (AvgIpc) is 3.26. The van der Waals surface area contributed by atoms with Crippen LogP contribution in [0.15, 0.2) is 33.7 Å². The van der Waals surface area contributed by atoms with Gasteiger partial charge in [0.05, 0.1) is 12.9 Å². The molecule has 15 nitrogen and oxygen atoms in total. The third-order valence-electron chi connectivity index (χ3n) is 3.82. The van der Waals surface area contributed by atoms with Crippen LogP contribution in [-0.2, 0) is 4.74 Å². The van der Waals surface area contributed by atoms with Crippen LogP contribution in [0.5, 0.6) is 0 Å². The zero-order valence-electron chi connectivity index (χ0n) is 16.2. The molecule has 2 aromatic rings. The first-order valence-electron chi connectivity index (χ1n) is 8.55. The minimum atomic E-state index is -1.31. The number of carbonyl (C=O) groups is 1. The van der Waals surface area contributed by atoms with Crippen LogP contribution in [0.3, 0.4) is 0 Å². The topological polar surface area (TPSA) is 231 Å². The van der Waals surface area contributed by atoms with Gasteiger partial charge < -0.3 is 36.5 Å². The van der Waals surface area contributed by atoms with Gasteiger partial charge in [-0.25, -0.2) is 9.78 Å². The minimum absolute atomic E-state index is 0.0537. The first-order valence-corrected chi connectivity index (χ1v) is 8.55. The van der Waals surface area contributed by atoms with Gasteiger partial charge in [-0.15, -0.1) is 5.11 Å². The van der Waals surface area contributed by atoms with Crippen LogP contribution in [0.4, 0.5) is 11.6 Å². The number of primary amides is 1. The van der Waals surface area contributed by atoms with Gasteiger partial charge in [-0.05, 0) is 6.07 Å². The van der Waals surface area contributed by atoms with E-state index < -0.39 is 42.7 Å². The fourth-order valence-electron chi connectivity index (χ4n) is 2.41. The van der Waals surface area contributed by atoms with Gasteiger partial charge in [0.2, 0.25) is 0 Å². The number of rotatable bonds is 5. The fraction of sp³-hybridized carbons (Fsp3) is 0.467. The van der Waals surface area contributed by atoms with E-state index in [1.165, 1.54) is 23.6 Å². The molecule has 0 radical (unpaired) electrons. The molecule has 3 heterocycles. The monoisotopic (exact) mass is 425 g/mol. The maximum atomic E-state index is 11.5. The molecule has 3 rings (SSSR count). The number of nitrogens with one attached hydrogen (secondary N) is 1. The molecule has 0 bridgehead atoms. The summed E-state index contributed by atoms with van der Waals surface area (Å²) < 4.78 is 6.19. The Balaban J connectivity index is 0.000000222. The van der Waals surface area contributed by atoms with E-state index in [0.29, 0.717) is 0 Å². The molecule has 0 spiro atoms. The number of amides is 1. The first-order chi connectivity index (χ1) is 14.1. The molecule has 15 heteroatoms. The largest absolute Gasteiger partial charge is 0.394 e. The number of hydrogen-bond acceptors (Lipinski definition) is 11. The van der Waals surface area contributed by atoms with E-state index in [9.17, 15) is 19.8 Å². The Labute approximate surface area is 169 Å². The Morgan fingerprint density at radius 3 is 2.63 bits per heavy atom. The lowest BCUT2D eigenvalue weighted by Crippen LogP contribution is -2.36. The van der Waals surface area contributed by atoms with Crippen molar-refractivity contribution in [1.29, 1.82) is 0 Å². The van der Waals surface area contributed by atoms with Crippen LogP contribution in [-0.4, -0.2) is 84.8 Å². The second-order valence-corrected chi connectivity index (χ2v) is 6.27. The van der Waals surface area contributed by atoms with Crippen molar-refractivity contribution >= 4 is 17.5 Å². The van der Waals surface area contributed by atoms with Crippen LogP contribution in [0.1, 0.15) is 16.7 Å². The van der Waals surface area contributed by atoms with Crippen molar-refractivity contribution in [3.8, 4) is 0 Å². The average molecular weight is 425 g/mol. The van der Waals surface area contributed by atoms with Crippen molar-refractivity contribution < 1.29 is 24.9 Å². The molecular formula is C15H23N9O6. The number of ether oxygens (including phenoxy) is 1. The molecular weight excluding hydrogens is 402 g/mol. The highest BCUT2D eigenvalue weighted by Crippen LogP contribution is 2.27. The maximum Gasteiger partial charge on any atom is 0.351 e. The van der Waals surface area contributed by atoms with Gasteiger partial charge >= 0.3 is 5.69 Å². The third-order valence-corrected chi connectivity index (χ3v) is 3.82. The van der Waals surface area contributed by atoms with Gasteiger partial charge in [-0.1, -0.05) is 5.22 Å². The number of hydrogen-bond donors (Lipinski definition) is 6. The van der Waals surface area contributed by atoms with Crippen molar-refractivity contribution in [2.24, 2.45) is 16.1 Å². The first kappa shape index (κ1) is 22.9. The number of H-pyrrole nitrogens is 1. The van der Waals surface area contributed by atoms with Crippen LogP contribution in [0, 0.1) is 0 Å². The Morgan fingerprint density at radius 1 is 1.40 bits per heavy atom. The van der Waals surface area contributed by atoms with Crippen LogP contribution in [0.2, 0.25) is 0 Å². The number of aromatic amines is 1. The van der Waals surface area contributed by atoms with Gasteiger partial charge in [-0.3, -0.25) is 14.4 Å². The maximum absolute atomic E-state index is 11.5. The van der Waals surface area contributed by atoms with Gasteiger partial charge in [0, 0.05) is 20.3 Å². The van der Waals surface area contributed by atoms with Crippen molar-refractivity contribution in [2.45, 2.75) is 24.5 Å². The van der Waals surface area contributed by atoms with E-state index in [0.717, 1.165) is 4.57 Å². The van der Waals surface area contributed by atoms with Crippen molar-refractivity contribution in [2.75, 3.05) is 26.4 Å². The summed E-state index contributed by atoms with van der Waals surface area (Å²) in [4.78, 5) is 32.1. The Bertz CT molecular complexity index is 943. The number of nitrogens with zero attached hydrogens (tertiary/aromatic N) is 6. The SMILES string of the molecule is CN(C)/N=N/c1[nH]cnc1C(N)=O.Nc1ccn([C@@H]2O[C@H](CO)[C@@H](O)[C@@H]2O)c(=O)n1. The van der Waals surface area contributed by atoms with Gasteiger partial charge in [0.25, 0.3) is 5.91 Å². The Hall–Kier alpha value is -3.40. The smallest absolute Gasteiger partial charge is 0.351 e. The summed E-state index contributed by atoms with van der Waals surface area (Å²) in [5, 5.41) is 37.1. The molecule has 0 aliphatic carbocycles. The second-order valence-electron chi connectivity index (χ2n) is 6.27. The van der Waals surface area contributed by atoms with Gasteiger partial charge in [-0.2, -0.15) is 4.98 Å². The standard InChI is InChI=1S/C9H13N3O5.C6H10N6O/c10-5-1-2-12(9(16)11-5)8-7(15)6(14)4(3-13)17-8;1-12(2)11-10-6-4(5(7)13)8-3-9-6/h1-2,4,6-8,13-15H,3H2,(H2,10,11,16);3H,1-2H3,(H2,7,13)(H,8,9)/b;11-10+/t4-,6-,7+,8-;/m1./s1. The molecule has 30 heavy (non-hydrogen) atoms. The van der Waals surface area contributed by atoms with E-state index >= 15 is 0 Å². The van der Waals surface area contributed by atoms with Gasteiger partial charge in [0.1, 0.15) is 24.1 Å². The molecule has 0 unspecified atom stereocenters. The van der Waals surface area contributed by atoms with E-state index in [4.69, 9.17) is 21.3 Å². The van der Waals surface area contributed by atoms with Crippen LogP contribution >= 0.6 is 0 Å². The van der Waals surface area contributed by atoms with E-state index in [1.54, 1.807) is 14.1 Å². The molecule has 8 N–H and O–H groups in total. The molecule has 1 fully saturated rings. The van der Waals surface area contributed by atoms with Crippen LogP contribution < -0.4 is 17.2 Å². The number of nitrogen functional groups attached to an aromatic ring is 1. The summed E-state index contributed by atoms with van der Waals surface area (Å²) >= 11 is 0. The summed E-state index contributed by atoms with van der Waals surface area (Å²) in [5.41, 5.74) is 9.75. The lowest BCUT2D eigenvalue weighted by molar-refractivity contribution is -0.0549. The van der Waals surface area contributed by atoms with Gasteiger partial charge in [0.15, 0.2) is 17.7 Å². The molecule has 1 amide bonds. The lowest BCUT2D eigenvalue weighted by Gasteiger charge is -2.16. The summed E-state index contributed by atoms with van der Waals surface area (Å²) in [7, 11) is 3.42. The molecule has 1 saturated heterocycles. The lowest BCUT2D eigenvalue weighted by atomic mass is 10.1. The highest BCUT2D eigenvalue weighted by molar-refractivity contribution is 5.94. The number of aliphatic hydroxyl groups excluding tert-OH is 3. The normalized spacial score (nSPS) is 23.2. The summed E-state index contributed by atoms with van der Waals surface area (Å²) in [6.45, 7) is -0.453. The summed E-state index contributed by atoms with van der Waals surface area (Å²) in [6, 6.07) is 1.37. The molecule has 1 aliphatic heterocycles. The number of nitrogens with two attached hydrogens (primary N) is 2. The van der Waals surface area contributed by atoms with Crippen molar-refractivity contribution in [3.63, 3.8) is 0 Å². The van der Waals surface area contributed by atoms with Crippen molar-refractivity contribution in [1.82, 2.24) is 24.5 Å². The molecule has 164 valence electrons. The van der Waals surface area contributed by atoms with Crippen molar-refractivity contribution in [3.05, 3.63) is 34.8 Å². The number of carbonyl (C=O) groups excluding carboxylic acids is 1. The highest BCUT2D eigenvalue weighted by Gasteiger charge is 2.43. The van der Waals surface area contributed by atoms with E-state index in [2.05, 4.69) is 25.3 Å². The predicted molar refractivity (Wildman–Crippen MR) is 101 cm³/mol. The quantitative estimate of drug-likeness (QED) is 0.218. The van der Waals surface area contributed by atoms with E-state index in [1.807, 2.05) is 0 Å². The molecule has 4 atom stereocenters. The number of aliphatic hydroxyl groups is 3. The highest BCUT2D eigenvalue weighted by atomic mass is 16.6. The second kappa shape index (κ2) is 9.88. The third kappa shape index (κ3) is 5.35. The fourth-order valence-corrected chi connectivity index (χ4v) is 2.41. The molecule has 0 aromatic carbocycles. The molecule has 0 saturated carbocycles. The minimum Gasteiger partial charge on any atom is -0.394 e. The Kier molecular flexibility index (Phi) is 7.54. The molecule has 2 aromatic heterocycles. The van der Waals surface area contributed by atoms with Crippen LogP contribution in [0.25, 0.3) is 0 Å². The number of imidazole rings is 1.